The predicted octanol–water partition coefficient (Wildman–Crippen LogP) is 5.24. The van der Waals surface area contributed by atoms with E-state index in [1.165, 1.54) is 16.7 Å². The Hall–Kier alpha value is -0.891. The van der Waals surface area contributed by atoms with Gasteiger partial charge in [-0.2, -0.15) is 0 Å². The molecule has 10 aliphatic rings. The number of fused-ring (bicyclic) bond motifs is 10. The summed E-state index contributed by atoms with van der Waals surface area (Å²) in [5, 5.41) is 0. The van der Waals surface area contributed by atoms with Gasteiger partial charge in [0.05, 0.1) is 0 Å². The van der Waals surface area contributed by atoms with Gasteiger partial charge in [-0.05, 0) is 0 Å². The van der Waals surface area contributed by atoms with Crippen molar-refractivity contribution in [1.29, 1.82) is 0 Å². The van der Waals surface area contributed by atoms with Crippen molar-refractivity contribution < 1.29 is 20.9 Å². The molecule has 10 saturated heterocycles. The van der Waals surface area contributed by atoms with Crippen LogP contribution in [0.5, 0.6) is 0 Å². The Bertz CT molecular complexity index is 1650. The molecular formula is C22H19FeO3P. The van der Waals surface area contributed by atoms with Gasteiger partial charge in [0.25, 0.3) is 0 Å². The summed E-state index contributed by atoms with van der Waals surface area (Å²) in [6.07, 6.45) is 0. The second-order valence-corrected chi connectivity index (χ2v) is 38.6. The quantitative estimate of drug-likeness (QED) is 0.530. The van der Waals surface area contributed by atoms with Crippen LogP contribution in [0.25, 0.3) is 11.1 Å². The van der Waals surface area contributed by atoms with Crippen LogP contribution in [0, 0.1) is 0 Å². The molecule has 10 heterocycles. The fraction of sp³-hybridized carbons (Fsp3) is 0.455. The van der Waals surface area contributed by atoms with Crippen LogP contribution < -0.4 is 0 Å². The average molecular weight is 418 g/mol. The molecule has 10 fully saturated rings. The second-order valence-electron chi connectivity index (χ2n) is 13.2. The van der Waals surface area contributed by atoms with Gasteiger partial charge in [0.2, 0.25) is 0 Å². The Morgan fingerprint density at radius 1 is 0.778 bits per heavy atom. The maximum absolute atomic E-state index is 13.3. The molecule has 5 unspecified atom stereocenters. The third-order valence-corrected chi connectivity index (χ3v) is 66.1. The van der Waals surface area contributed by atoms with E-state index >= 15 is 0 Å². The third-order valence-electron chi connectivity index (χ3n) is 17.6. The van der Waals surface area contributed by atoms with E-state index in [0.29, 0.717) is 4.82 Å². The van der Waals surface area contributed by atoms with Gasteiger partial charge in [-0.25, -0.2) is 0 Å². The molecule has 0 amide bonds. The van der Waals surface area contributed by atoms with Crippen LogP contribution in [0.4, 0.5) is 0 Å². The molecule has 1 spiro atoms. The van der Waals surface area contributed by atoms with Crippen molar-refractivity contribution in [1.82, 2.24) is 0 Å². The van der Waals surface area contributed by atoms with E-state index in [4.69, 9.17) is 0 Å². The number of hydrogen-bond donors (Lipinski definition) is 2. The molecule has 5 atom stereocenters. The van der Waals surface area contributed by atoms with Crippen LogP contribution in [-0.2, 0) is 15.4 Å². The summed E-state index contributed by atoms with van der Waals surface area (Å²) in [6.45, 7) is -4.20. The molecule has 5 heteroatoms. The summed E-state index contributed by atoms with van der Waals surface area (Å²) in [5.41, 5.74) is 3.89. The summed E-state index contributed by atoms with van der Waals surface area (Å²) in [4.78, 5) is 28.5. The zero-order chi connectivity index (χ0) is 17.5. The van der Waals surface area contributed by atoms with E-state index in [1.807, 2.05) is 6.07 Å². The molecule has 138 valence electrons. The van der Waals surface area contributed by atoms with Crippen molar-refractivity contribution in [3.63, 3.8) is 0 Å². The Kier molecular flexibility index (Phi) is 0.596. The van der Waals surface area contributed by atoms with Gasteiger partial charge in [0, 0.05) is 0 Å². The van der Waals surface area contributed by atoms with Crippen molar-refractivity contribution in [3.8, 4) is 11.1 Å². The summed E-state index contributed by atoms with van der Waals surface area (Å²) >= 11 is 0. The van der Waals surface area contributed by atoms with Crippen molar-refractivity contribution in [2.24, 2.45) is 0 Å². The van der Waals surface area contributed by atoms with Gasteiger partial charge >= 0.3 is 147 Å². The summed E-state index contributed by atoms with van der Waals surface area (Å²) < 4.78 is 12.9. The normalized spacial score (nSPS) is 82.6. The monoisotopic (exact) mass is 418 g/mol. The molecule has 2 aromatic carbocycles. The zero-order valence-corrected chi connectivity index (χ0v) is 16.4. The Balaban J connectivity index is 1.35. The Labute approximate surface area is 146 Å². The van der Waals surface area contributed by atoms with E-state index in [9.17, 15) is 14.4 Å². The van der Waals surface area contributed by atoms with Crippen LogP contribution >= 0.6 is 7.60 Å². The number of benzene rings is 2. The van der Waals surface area contributed by atoms with Crippen LogP contribution in [0.2, 0.25) is 38.5 Å². The molecule has 27 heavy (non-hydrogen) atoms. The van der Waals surface area contributed by atoms with Crippen molar-refractivity contribution in [3.05, 3.63) is 60.2 Å². The fourth-order valence-corrected chi connectivity index (χ4v) is 109. The summed E-state index contributed by atoms with van der Waals surface area (Å²) in [7, 11) is -4.09. The SMILES string of the molecule is O=P(O)(O)[C]12[CH]3[CH]4[CH]5[C]1(c1ccccc1-c1ccccc1)[Fe]45321678[CH]2[CH]1[CH]6[CH]7[CH]28. The van der Waals surface area contributed by atoms with Crippen molar-refractivity contribution in [2.45, 2.75) is 46.9 Å². The van der Waals surface area contributed by atoms with E-state index in [-0.39, 0.29) is 4.31 Å². The van der Waals surface area contributed by atoms with E-state index in [0.717, 1.165) is 33.7 Å². The van der Waals surface area contributed by atoms with Crippen molar-refractivity contribution in [2.75, 3.05) is 0 Å². The van der Waals surface area contributed by atoms with Crippen LogP contribution in [0.3, 0.4) is 0 Å². The molecule has 0 aromatic heterocycles. The minimum absolute atomic E-state index is 0.00245. The van der Waals surface area contributed by atoms with Gasteiger partial charge < -0.3 is 0 Å². The first-order valence-corrected chi connectivity index (χ1v) is 18.0. The molecule has 0 aliphatic carbocycles. The molecular weight excluding hydrogens is 399 g/mol. The van der Waals surface area contributed by atoms with Crippen LogP contribution in [0.1, 0.15) is 5.56 Å². The number of rotatable bonds is 3. The summed E-state index contributed by atoms with van der Waals surface area (Å²) in [5.74, 6) is 0. The fourth-order valence-electron chi connectivity index (χ4n) is 19.7. The molecule has 10 aliphatic heterocycles. The first kappa shape index (κ1) is 12.0. The molecule has 2 aromatic rings. The Morgan fingerprint density at radius 2 is 1.37 bits per heavy atom. The molecule has 0 radical (unpaired) electrons. The second kappa shape index (κ2) is 1.35. The van der Waals surface area contributed by atoms with E-state index < -0.39 is 18.2 Å². The first-order chi connectivity index (χ1) is 12.8. The van der Waals surface area contributed by atoms with Gasteiger partial charge in [-0.1, -0.05) is 0 Å². The van der Waals surface area contributed by atoms with Gasteiger partial charge in [0.1, 0.15) is 0 Å². The third kappa shape index (κ3) is 0.192. The molecule has 0 saturated carbocycles. The van der Waals surface area contributed by atoms with E-state index in [1.54, 1.807) is 0 Å². The van der Waals surface area contributed by atoms with Crippen LogP contribution in [0.15, 0.2) is 54.6 Å². The van der Waals surface area contributed by atoms with Gasteiger partial charge in [-0.15, -0.1) is 0 Å². The average Bonchev–Trinajstić information content (AvgIpc) is 3.61. The van der Waals surface area contributed by atoms with E-state index in [2.05, 4.69) is 48.5 Å². The zero-order valence-electron chi connectivity index (χ0n) is 14.4. The van der Waals surface area contributed by atoms with Crippen LogP contribution in [-0.4, -0.2) is 13.8 Å². The van der Waals surface area contributed by atoms with Gasteiger partial charge in [0.15, 0.2) is 0 Å². The molecule has 0 bridgehead atoms. The first-order valence-electron chi connectivity index (χ1n) is 10.2. The Morgan fingerprint density at radius 3 is 1.89 bits per heavy atom. The van der Waals surface area contributed by atoms with Crippen molar-refractivity contribution >= 4 is 7.60 Å². The minimum atomic E-state index is -4.20. The van der Waals surface area contributed by atoms with Gasteiger partial charge in [-0.3, -0.25) is 0 Å². The summed E-state index contributed by atoms with van der Waals surface area (Å²) in [6, 6.07) is 19.3. The molecule has 12 rings (SSSR count). The number of hydrogen-bond acceptors (Lipinski definition) is 1. The predicted molar refractivity (Wildman–Crippen MR) is 98.3 cm³/mol. The molecule has 3 nitrogen and oxygen atoms in total. The topological polar surface area (TPSA) is 57.5 Å². The maximum atomic E-state index is 13.3. The standard InChI is InChI=1S/C17H14O3P.C5H5.Fe/c18-21(19,20)17-12-6-11-16(17)15-10-5-4-9-14(15)13-7-2-1-3-8-13;1-2-4-5-3-1;/h1-12H,(H2,18,19,20);1-5H;. The molecule has 2 N–H and O–H groups in total.